The highest BCUT2D eigenvalue weighted by Gasteiger charge is 2.43. The molecule has 10 heteroatoms. The molecular formula is C30H40N4O6. The number of aliphatic hydroxyl groups is 1. The van der Waals surface area contributed by atoms with Gasteiger partial charge >= 0.3 is 6.03 Å². The normalized spacial score (nSPS) is 21.2. The van der Waals surface area contributed by atoms with Gasteiger partial charge in [0.15, 0.2) is 0 Å². The van der Waals surface area contributed by atoms with Gasteiger partial charge in [-0.3, -0.25) is 19.4 Å². The summed E-state index contributed by atoms with van der Waals surface area (Å²) in [7, 11) is 0. The number of rotatable bonds is 10. The third-order valence-electron chi connectivity index (χ3n) is 7.23. The second-order valence-corrected chi connectivity index (χ2v) is 11.3. The molecule has 0 aromatic heterocycles. The summed E-state index contributed by atoms with van der Waals surface area (Å²) in [5, 5.41) is 14.2. The summed E-state index contributed by atoms with van der Waals surface area (Å²) >= 11 is 0. The number of carbonyl (C=O) groups is 3. The molecule has 2 aromatic carbocycles. The van der Waals surface area contributed by atoms with Crippen molar-refractivity contribution >= 4 is 17.8 Å². The van der Waals surface area contributed by atoms with E-state index in [1.54, 1.807) is 18.7 Å². The van der Waals surface area contributed by atoms with Crippen LogP contribution in [0.3, 0.4) is 0 Å². The summed E-state index contributed by atoms with van der Waals surface area (Å²) < 4.78 is 11.8. The first-order valence-corrected chi connectivity index (χ1v) is 13.7. The molecule has 2 N–H and O–H groups in total. The van der Waals surface area contributed by atoms with E-state index in [9.17, 15) is 19.5 Å². The Morgan fingerprint density at radius 3 is 2.25 bits per heavy atom. The van der Waals surface area contributed by atoms with Crippen LogP contribution in [0.1, 0.15) is 38.3 Å². The van der Waals surface area contributed by atoms with Gasteiger partial charge in [-0.1, -0.05) is 29.8 Å². The van der Waals surface area contributed by atoms with Gasteiger partial charge in [0.25, 0.3) is 5.91 Å². The molecule has 0 spiro atoms. The maximum Gasteiger partial charge on any atom is 0.325 e. The van der Waals surface area contributed by atoms with Gasteiger partial charge in [-0.25, -0.2) is 4.79 Å². The lowest BCUT2D eigenvalue weighted by molar-refractivity contribution is -0.132. The van der Waals surface area contributed by atoms with Crippen molar-refractivity contribution in [1.82, 2.24) is 20.0 Å². The Balaban J connectivity index is 1.29. The minimum Gasteiger partial charge on any atom is -0.494 e. The molecule has 4 amide bonds. The maximum absolute atomic E-state index is 12.3. The number of urea groups is 1. The number of imide groups is 1. The number of hydrogen-bond acceptors (Lipinski definition) is 7. The van der Waals surface area contributed by atoms with E-state index in [2.05, 4.69) is 10.2 Å². The van der Waals surface area contributed by atoms with Gasteiger partial charge in [-0.2, -0.15) is 0 Å². The molecule has 2 aliphatic rings. The predicted molar refractivity (Wildman–Crippen MR) is 150 cm³/mol. The summed E-state index contributed by atoms with van der Waals surface area (Å²) in [6.07, 6.45) is 0.528. The fourth-order valence-electron chi connectivity index (χ4n) is 4.97. The number of hydrogen-bond donors (Lipinski definition) is 2. The van der Waals surface area contributed by atoms with Crippen LogP contribution in [0.5, 0.6) is 11.5 Å². The van der Waals surface area contributed by atoms with Gasteiger partial charge < -0.3 is 24.8 Å². The van der Waals surface area contributed by atoms with Crippen LogP contribution in [0.4, 0.5) is 4.79 Å². The Morgan fingerprint density at radius 2 is 1.62 bits per heavy atom. The minimum absolute atomic E-state index is 0.0736. The molecule has 2 aliphatic heterocycles. The van der Waals surface area contributed by atoms with E-state index < -0.39 is 11.1 Å². The number of benzene rings is 2. The predicted octanol–water partition coefficient (Wildman–Crippen LogP) is 2.57. The molecular weight excluding hydrogens is 512 g/mol. The highest BCUT2D eigenvalue weighted by Crippen LogP contribution is 2.22. The molecule has 1 atom stereocenters. The van der Waals surface area contributed by atoms with Crippen LogP contribution in [0.25, 0.3) is 0 Å². The Labute approximate surface area is 235 Å². The topological polar surface area (TPSA) is 112 Å². The van der Waals surface area contributed by atoms with E-state index in [4.69, 9.17) is 9.47 Å². The van der Waals surface area contributed by atoms with Crippen LogP contribution in [-0.4, -0.2) is 94.7 Å². The van der Waals surface area contributed by atoms with E-state index >= 15 is 0 Å². The number of nitrogens with zero attached hydrogens (tertiary/aromatic N) is 3. The van der Waals surface area contributed by atoms with Crippen LogP contribution in [0.2, 0.25) is 0 Å². The number of ether oxygens (including phenoxy) is 2. The Kier molecular flexibility index (Phi) is 9.00. The first kappa shape index (κ1) is 29.4. The molecule has 216 valence electrons. The van der Waals surface area contributed by atoms with Gasteiger partial charge in [0.05, 0.1) is 13.2 Å². The van der Waals surface area contributed by atoms with Crippen LogP contribution in [0.15, 0.2) is 48.5 Å². The largest absolute Gasteiger partial charge is 0.494 e. The summed E-state index contributed by atoms with van der Waals surface area (Å²) in [6.45, 7) is 9.98. The number of β-amino-alcohol motifs (C(OH)–C–C–N with tert-alkyl or cyclic N) is 1. The Morgan fingerprint density at radius 1 is 0.975 bits per heavy atom. The fourth-order valence-corrected chi connectivity index (χ4v) is 4.97. The second kappa shape index (κ2) is 12.3. The number of aryl methyl sites for hydroxylation is 1. The lowest BCUT2D eigenvalue weighted by Crippen LogP contribution is -2.51. The molecule has 4 rings (SSSR count). The lowest BCUT2D eigenvalue weighted by Gasteiger charge is -2.32. The number of nitrogens with one attached hydrogen (secondary N) is 1. The van der Waals surface area contributed by atoms with Gasteiger partial charge in [-0.05, 0) is 57.0 Å². The second-order valence-electron chi connectivity index (χ2n) is 11.3. The van der Waals surface area contributed by atoms with Gasteiger partial charge in [0.2, 0.25) is 5.91 Å². The van der Waals surface area contributed by atoms with E-state index in [0.717, 1.165) is 11.1 Å². The third kappa shape index (κ3) is 7.51. The van der Waals surface area contributed by atoms with Gasteiger partial charge in [0.1, 0.15) is 29.2 Å². The first-order chi connectivity index (χ1) is 18.9. The molecule has 0 aliphatic carbocycles. The van der Waals surface area contributed by atoms with Crippen molar-refractivity contribution in [3.63, 3.8) is 0 Å². The molecule has 0 radical (unpaired) electrons. The van der Waals surface area contributed by atoms with Crippen molar-refractivity contribution in [1.29, 1.82) is 0 Å². The van der Waals surface area contributed by atoms with Crippen LogP contribution < -0.4 is 14.8 Å². The summed E-state index contributed by atoms with van der Waals surface area (Å²) in [5.41, 5.74) is 0.0865. The quantitative estimate of drug-likeness (QED) is 0.344. The molecule has 2 fully saturated rings. The van der Waals surface area contributed by atoms with Gasteiger partial charge in [0, 0.05) is 39.6 Å². The van der Waals surface area contributed by atoms with E-state index in [0.29, 0.717) is 57.3 Å². The molecule has 0 saturated carbocycles. The number of carbonyl (C=O) groups excluding carboxylic acids is 3. The van der Waals surface area contributed by atoms with Gasteiger partial charge in [-0.15, -0.1) is 0 Å². The minimum atomic E-state index is -1.22. The molecule has 2 aromatic rings. The van der Waals surface area contributed by atoms with Crippen molar-refractivity contribution in [3.05, 3.63) is 59.7 Å². The van der Waals surface area contributed by atoms with Crippen molar-refractivity contribution in [2.75, 3.05) is 45.9 Å². The van der Waals surface area contributed by atoms with E-state index in [1.165, 1.54) is 11.8 Å². The zero-order chi connectivity index (χ0) is 28.9. The zero-order valence-electron chi connectivity index (χ0n) is 23.8. The standard InChI is InChI=1S/C30H40N4O6/c1-22-6-10-26(11-7-22)40-21-30(38)19-32(15-16-33(20-30)23(2)35)18-24-8-12-25(13-9-24)39-17-5-14-34-27(36)29(3,4)31-28(34)37/h6-13,38H,5,14-21H2,1-4H3,(H,31,37)/t30-/m1/s1. The van der Waals surface area contributed by atoms with Crippen molar-refractivity contribution in [3.8, 4) is 11.5 Å². The summed E-state index contributed by atoms with van der Waals surface area (Å²) in [6, 6.07) is 15.0. The van der Waals surface area contributed by atoms with Crippen molar-refractivity contribution in [2.24, 2.45) is 0 Å². The molecule has 40 heavy (non-hydrogen) atoms. The Hall–Kier alpha value is -3.63. The fraction of sp³-hybridized carbons (Fsp3) is 0.500. The third-order valence-corrected chi connectivity index (χ3v) is 7.23. The average molecular weight is 553 g/mol. The van der Waals surface area contributed by atoms with Crippen LogP contribution >= 0.6 is 0 Å². The molecule has 0 bridgehead atoms. The molecule has 2 heterocycles. The smallest absolute Gasteiger partial charge is 0.325 e. The SMILES string of the molecule is CC(=O)N1CCN(Cc2ccc(OCCCN3C(=O)NC(C)(C)C3=O)cc2)C[C@](O)(COc2ccc(C)cc2)C1. The summed E-state index contributed by atoms with van der Waals surface area (Å²) in [5.74, 6) is 1.08. The van der Waals surface area contributed by atoms with Crippen molar-refractivity contribution in [2.45, 2.75) is 51.8 Å². The zero-order valence-corrected chi connectivity index (χ0v) is 23.8. The molecule has 2 saturated heterocycles. The monoisotopic (exact) mass is 552 g/mol. The highest BCUT2D eigenvalue weighted by atomic mass is 16.5. The average Bonchev–Trinajstić information content (AvgIpc) is 3.01. The van der Waals surface area contributed by atoms with Crippen LogP contribution in [0, 0.1) is 6.92 Å². The molecule has 10 nitrogen and oxygen atoms in total. The summed E-state index contributed by atoms with van der Waals surface area (Å²) in [4.78, 5) is 41.5. The maximum atomic E-state index is 12.3. The first-order valence-electron chi connectivity index (χ1n) is 13.7. The molecule has 0 unspecified atom stereocenters. The van der Waals surface area contributed by atoms with Crippen molar-refractivity contribution < 1.29 is 29.0 Å². The number of amides is 4. The van der Waals surface area contributed by atoms with E-state index in [1.807, 2.05) is 55.5 Å². The lowest BCUT2D eigenvalue weighted by atomic mass is 10.0. The van der Waals surface area contributed by atoms with Crippen LogP contribution in [-0.2, 0) is 16.1 Å². The Bertz CT molecular complexity index is 1200. The highest BCUT2D eigenvalue weighted by molar-refractivity contribution is 6.06. The van der Waals surface area contributed by atoms with E-state index in [-0.39, 0.29) is 31.0 Å².